The number of hydrogen-bond donors (Lipinski definition) is 3. The van der Waals surface area contributed by atoms with Crippen molar-refractivity contribution in [1.82, 2.24) is 0 Å². The molecule has 0 aliphatic heterocycles. The van der Waals surface area contributed by atoms with Gasteiger partial charge < -0.3 is 15.3 Å². The van der Waals surface area contributed by atoms with Gasteiger partial charge >= 0.3 is 5.97 Å². The van der Waals surface area contributed by atoms with Crippen LogP contribution in [0.1, 0.15) is 42.7 Å². The third-order valence-electron chi connectivity index (χ3n) is 4.97. The maximum atomic E-state index is 12.3. The number of carbonyl (C=O) groups is 1. The number of hydrogen-bond acceptors (Lipinski definition) is 3. The summed E-state index contributed by atoms with van der Waals surface area (Å²) in [7, 11) is 0. The summed E-state index contributed by atoms with van der Waals surface area (Å²) >= 11 is 0. The van der Waals surface area contributed by atoms with E-state index in [-0.39, 0.29) is 17.4 Å². The second-order valence-electron chi connectivity index (χ2n) is 6.21. The number of aliphatic carboxylic acids is 1. The zero-order chi connectivity index (χ0) is 16.4. The average molecular weight is 312 g/mol. The smallest absolute Gasteiger partial charge is 0.314 e. The molecular formula is C19H20O4. The predicted molar refractivity (Wildman–Crippen MR) is 86.7 cm³/mol. The second kappa shape index (κ2) is 5.95. The van der Waals surface area contributed by atoms with E-state index in [0.29, 0.717) is 6.42 Å². The highest BCUT2D eigenvalue weighted by atomic mass is 16.4. The Labute approximate surface area is 135 Å². The molecule has 3 N–H and O–H groups in total. The highest BCUT2D eigenvalue weighted by molar-refractivity contribution is 5.83. The molecule has 0 amide bonds. The highest BCUT2D eigenvalue weighted by Gasteiger charge is 2.49. The average Bonchev–Trinajstić information content (AvgIpc) is 2.56. The van der Waals surface area contributed by atoms with Crippen LogP contribution in [0.4, 0.5) is 0 Å². The number of benzene rings is 2. The van der Waals surface area contributed by atoms with E-state index in [1.54, 1.807) is 36.4 Å². The molecule has 0 saturated heterocycles. The van der Waals surface area contributed by atoms with Gasteiger partial charge in [0.1, 0.15) is 11.5 Å². The van der Waals surface area contributed by atoms with Crippen LogP contribution >= 0.6 is 0 Å². The minimum absolute atomic E-state index is 0.131. The van der Waals surface area contributed by atoms with Crippen molar-refractivity contribution in [3.63, 3.8) is 0 Å². The summed E-state index contributed by atoms with van der Waals surface area (Å²) in [5.41, 5.74) is 0.654. The fourth-order valence-corrected chi connectivity index (χ4v) is 3.81. The van der Waals surface area contributed by atoms with Crippen LogP contribution in [-0.2, 0) is 10.2 Å². The highest BCUT2D eigenvalue weighted by Crippen LogP contribution is 2.49. The fraction of sp³-hybridized carbons (Fsp3) is 0.316. The Kier molecular flexibility index (Phi) is 3.99. The molecule has 4 heteroatoms. The standard InChI is InChI=1S/C19H20O4/c20-15-8-4-13(5-9-15)17-3-1-2-12-19(17,18(22)23)14-6-10-16(21)11-7-14/h4-11,17,20-21H,1-3,12H2,(H,22,23). The number of carboxylic acids is 1. The molecule has 0 bridgehead atoms. The van der Waals surface area contributed by atoms with E-state index in [1.807, 2.05) is 12.1 Å². The Balaban J connectivity index is 2.12. The molecule has 2 unspecified atom stereocenters. The third-order valence-corrected chi connectivity index (χ3v) is 4.97. The van der Waals surface area contributed by atoms with Gasteiger partial charge in [-0.05, 0) is 48.2 Å². The quantitative estimate of drug-likeness (QED) is 0.806. The van der Waals surface area contributed by atoms with Gasteiger partial charge in [-0.25, -0.2) is 0 Å². The van der Waals surface area contributed by atoms with E-state index in [0.717, 1.165) is 30.4 Å². The monoisotopic (exact) mass is 312 g/mol. The molecule has 0 aromatic heterocycles. The fourth-order valence-electron chi connectivity index (χ4n) is 3.81. The minimum atomic E-state index is -0.997. The lowest BCUT2D eigenvalue weighted by Gasteiger charge is -2.41. The van der Waals surface area contributed by atoms with Crippen LogP contribution in [0.25, 0.3) is 0 Å². The van der Waals surface area contributed by atoms with Crippen molar-refractivity contribution in [2.75, 3.05) is 0 Å². The molecule has 120 valence electrons. The molecule has 1 saturated carbocycles. The summed E-state index contributed by atoms with van der Waals surface area (Å²) < 4.78 is 0. The van der Waals surface area contributed by atoms with Crippen LogP contribution in [-0.4, -0.2) is 21.3 Å². The topological polar surface area (TPSA) is 77.8 Å². The van der Waals surface area contributed by atoms with E-state index in [4.69, 9.17) is 0 Å². The Morgan fingerprint density at radius 3 is 2.04 bits per heavy atom. The van der Waals surface area contributed by atoms with Crippen molar-refractivity contribution < 1.29 is 20.1 Å². The molecule has 3 rings (SSSR count). The molecule has 1 fully saturated rings. The number of carboxylic acid groups (broad SMARTS) is 1. The normalized spacial score (nSPS) is 24.3. The van der Waals surface area contributed by atoms with Gasteiger partial charge in [-0.2, -0.15) is 0 Å². The van der Waals surface area contributed by atoms with E-state index in [2.05, 4.69) is 0 Å². The van der Waals surface area contributed by atoms with Crippen molar-refractivity contribution in [1.29, 1.82) is 0 Å². The van der Waals surface area contributed by atoms with Gasteiger partial charge in [0.2, 0.25) is 0 Å². The second-order valence-corrected chi connectivity index (χ2v) is 6.21. The molecule has 4 nitrogen and oxygen atoms in total. The van der Waals surface area contributed by atoms with E-state index < -0.39 is 11.4 Å². The van der Waals surface area contributed by atoms with Crippen molar-refractivity contribution in [2.24, 2.45) is 0 Å². The first-order valence-corrected chi connectivity index (χ1v) is 7.86. The van der Waals surface area contributed by atoms with Crippen LogP contribution in [0.3, 0.4) is 0 Å². The van der Waals surface area contributed by atoms with E-state index in [9.17, 15) is 20.1 Å². The summed E-state index contributed by atoms with van der Waals surface area (Å²) in [6.45, 7) is 0. The van der Waals surface area contributed by atoms with Crippen LogP contribution < -0.4 is 0 Å². The zero-order valence-electron chi connectivity index (χ0n) is 12.8. The molecular weight excluding hydrogens is 292 g/mol. The third kappa shape index (κ3) is 2.65. The largest absolute Gasteiger partial charge is 0.508 e. The molecule has 2 aromatic carbocycles. The molecule has 0 radical (unpaired) electrons. The van der Waals surface area contributed by atoms with Gasteiger partial charge in [-0.15, -0.1) is 0 Å². The van der Waals surface area contributed by atoms with Crippen LogP contribution in [0.5, 0.6) is 11.5 Å². The first-order chi connectivity index (χ1) is 11.0. The Hall–Kier alpha value is -2.49. The van der Waals surface area contributed by atoms with Gasteiger partial charge in [0, 0.05) is 5.92 Å². The van der Waals surface area contributed by atoms with Gasteiger partial charge in [0.25, 0.3) is 0 Å². The summed E-state index contributed by atoms with van der Waals surface area (Å²) in [5, 5.41) is 29.1. The van der Waals surface area contributed by atoms with Crippen molar-refractivity contribution in [3.05, 3.63) is 59.7 Å². The number of phenols is 2. The van der Waals surface area contributed by atoms with Crippen LogP contribution in [0.15, 0.2) is 48.5 Å². The SMILES string of the molecule is O=C(O)C1(c2ccc(O)cc2)CCCCC1c1ccc(O)cc1. The Bertz CT molecular complexity index is 690. The maximum absolute atomic E-state index is 12.3. The van der Waals surface area contributed by atoms with Crippen molar-refractivity contribution in [3.8, 4) is 11.5 Å². The molecule has 0 heterocycles. The van der Waals surface area contributed by atoms with Gasteiger partial charge in [0.05, 0.1) is 5.41 Å². The van der Waals surface area contributed by atoms with Gasteiger partial charge in [-0.1, -0.05) is 37.1 Å². The van der Waals surface area contributed by atoms with E-state index >= 15 is 0 Å². The molecule has 1 aliphatic carbocycles. The first-order valence-electron chi connectivity index (χ1n) is 7.86. The predicted octanol–water partition coefficient (Wildman–Crippen LogP) is 3.78. The lowest BCUT2D eigenvalue weighted by atomic mass is 9.60. The van der Waals surface area contributed by atoms with Crippen molar-refractivity contribution >= 4 is 5.97 Å². The maximum Gasteiger partial charge on any atom is 0.314 e. The number of phenolic OH excluding ortho intramolecular Hbond substituents is 2. The minimum Gasteiger partial charge on any atom is -0.508 e. The van der Waals surface area contributed by atoms with Crippen molar-refractivity contribution in [2.45, 2.75) is 37.0 Å². The Morgan fingerprint density at radius 2 is 1.48 bits per heavy atom. The summed E-state index contributed by atoms with van der Waals surface area (Å²) in [5.74, 6) is -0.679. The molecule has 2 atom stereocenters. The molecule has 2 aromatic rings. The molecule has 0 spiro atoms. The Morgan fingerprint density at radius 1 is 0.913 bits per heavy atom. The lowest BCUT2D eigenvalue weighted by Crippen LogP contribution is -2.44. The van der Waals surface area contributed by atoms with Gasteiger partial charge in [-0.3, -0.25) is 4.79 Å². The van der Waals surface area contributed by atoms with Crippen LogP contribution in [0.2, 0.25) is 0 Å². The van der Waals surface area contributed by atoms with E-state index in [1.165, 1.54) is 0 Å². The summed E-state index contributed by atoms with van der Waals surface area (Å²) in [6, 6.07) is 13.3. The molecule has 23 heavy (non-hydrogen) atoms. The summed E-state index contributed by atoms with van der Waals surface area (Å²) in [4.78, 5) is 12.3. The first kappa shape index (κ1) is 15.4. The summed E-state index contributed by atoms with van der Waals surface area (Å²) in [6.07, 6.45) is 3.21. The van der Waals surface area contributed by atoms with Crippen LogP contribution in [0, 0.1) is 0 Å². The zero-order valence-corrected chi connectivity index (χ0v) is 12.8. The number of aromatic hydroxyl groups is 2. The van der Waals surface area contributed by atoms with Gasteiger partial charge in [0.15, 0.2) is 0 Å². The lowest BCUT2D eigenvalue weighted by molar-refractivity contribution is -0.146. The molecule has 1 aliphatic rings. The number of rotatable bonds is 3.